The van der Waals surface area contributed by atoms with E-state index >= 15 is 0 Å². The molecule has 2 aromatic heterocycles. The van der Waals surface area contributed by atoms with Crippen LogP contribution in [0.3, 0.4) is 0 Å². The van der Waals surface area contributed by atoms with E-state index in [9.17, 15) is 4.79 Å². The van der Waals surface area contributed by atoms with Crippen LogP contribution in [0.1, 0.15) is 30.2 Å². The fourth-order valence-corrected chi connectivity index (χ4v) is 5.65. The lowest BCUT2D eigenvalue weighted by Crippen LogP contribution is -2.12. The van der Waals surface area contributed by atoms with Gasteiger partial charge in [0.1, 0.15) is 23.9 Å². The maximum Gasteiger partial charge on any atom is 0.310 e. The van der Waals surface area contributed by atoms with E-state index in [1.165, 1.54) is 0 Å². The van der Waals surface area contributed by atoms with Gasteiger partial charge in [-0.15, -0.1) is 0 Å². The third-order valence-corrected chi connectivity index (χ3v) is 7.79. The quantitative estimate of drug-likeness (QED) is 0.229. The molecule has 0 radical (unpaired) electrons. The van der Waals surface area contributed by atoms with Gasteiger partial charge in [0.25, 0.3) is 0 Å². The van der Waals surface area contributed by atoms with Crippen LogP contribution in [0.25, 0.3) is 32.8 Å². The number of benzene rings is 3. The fourth-order valence-electron chi connectivity index (χ4n) is 5.65. The zero-order valence-electron chi connectivity index (χ0n) is 23.4. The van der Waals surface area contributed by atoms with Gasteiger partial charge in [-0.05, 0) is 66.6 Å². The van der Waals surface area contributed by atoms with Crippen LogP contribution in [-0.2, 0) is 33.8 Å². The summed E-state index contributed by atoms with van der Waals surface area (Å²) in [6, 6.07) is 20.4. The number of ether oxygens (including phenoxy) is 3. The van der Waals surface area contributed by atoms with E-state index in [2.05, 4.69) is 33.9 Å². The normalized spacial score (nSPS) is 15.0. The van der Waals surface area contributed by atoms with Crippen molar-refractivity contribution in [3.63, 3.8) is 0 Å². The second kappa shape index (κ2) is 11.6. The largest absolute Gasteiger partial charge is 0.487 e. The van der Waals surface area contributed by atoms with Crippen LogP contribution in [0, 0.1) is 12.8 Å². The number of hydrogen-bond acceptors (Lipinski definition) is 7. The number of fused-ring (bicyclic) bond motifs is 2. The maximum atomic E-state index is 12.3. The second-order valence-corrected chi connectivity index (χ2v) is 10.5. The molecule has 41 heavy (non-hydrogen) atoms. The van der Waals surface area contributed by atoms with Crippen LogP contribution in [0.15, 0.2) is 66.9 Å². The average Bonchev–Trinajstić information content (AvgIpc) is 3.61. The Hall–Kier alpha value is -4.43. The molecule has 1 unspecified atom stereocenters. The van der Waals surface area contributed by atoms with E-state index in [1.54, 1.807) is 6.20 Å². The van der Waals surface area contributed by atoms with E-state index in [4.69, 9.17) is 25.0 Å². The smallest absolute Gasteiger partial charge is 0.310 e. The van der Waals surface area contributed by atoms with Crippen LogP contribution in [0.5, 0.6) is 5.75 Å². The van der Waals surface area contributed by atoms with Crippen molar-refractivity contribution in [2.75, 3.05) is 25.6 Å². The summed E-state index contributed by atoms with van der Waals surface area (Å²) in [4.78, 5) is 16.6. The molecule has 1 fully saturated rings. The van der Waals surface area contributed by atoms with Gasteiger partial charge in [-0.2, -0.15) is 5.10 Å². The number of nitrogens with zero attached hydrogens (tertiary/aromatic N) is 3. The van der Waals surface area contributed by atoms with Crippen molar-refractivity contribution in [3.8, 4) is 16.9 Å². The van der Waals surface area contributed by atoms with Gasteiger partial charge in [0.2, 0.25) is 0 Å². The van der Waals surface area contributed by atoms with Gasteiger partial charge in [0, 0.05) is 41.6 Å². The minimum atomic E-state index is -0.268. The number of esters is 1. The van der Waals surface area contributed by atoms with Crippen LogP contribution in [0.2, 0.25) is 0 Å². The third-order valence-electron chi connectivity index (χ3n) is 7.79. The zero-order valence-corrected chi connectivity index (χ0v) is 23.4. The average molecular weight is 551 g/mol. The van der Waals surface area contributed by atoms with E-state index in [1.807, 2.05) is 50.2 Å². The van der Waals surface area contributed by atoms with E-state index < -0.39 is 0 Å². The molecule has 1 aliphatic heterocycles. The Morgan fingerprint density at radius 3 is 2.80 bits per heavy atom. The van der Waals surface area contributed by atoms with Crippen molar-refractivity contribution in [2.45, 2.75) is 39.8 Å². The molecule has 0 amide bonds. The molecule has 3 aromatic carbocycles. The number of carbonyl (C=O) groups is 1. The van der Waals surface area contributed by atoms with E-state index in [0.29, 0.717) is 24.1 Å². The lowest BCUT2D eigenvalue weighted by Gasteiger charge is -2.13. The Morgan fingerprint density at radius 1 is 1.10 bits per heavy atom. The molecule has 5 aromatic rings. The highest BCUT2D eigenvalue weighted by Crippen LogP contribution is 2.34. The molecule has 6 rings (SSSR count). The topological polar surface area (TPSA) is 101 Å². The van der Waals surface area contributed by atoms with Gasteiger partial charge in [-0.1, -0.05) is 36.4 Å². The molecule has 8 nitrogen and oxygen atoms in total. The molecular weight excluding hydrogens is 516 g/mol. The van der Waals surface area contributed by atoms with Gasteiger partial charge in [-0.25, -0.2) is 4.98 Å². The van der Waals surface area contributed by atoms with E-state index in [-0.39, 0.29) is 19.0 Å². The molecule has 1 atom stereocenters. The van der Waals surface area contributed by atoms with Crippen molar-refractivity contribution >= 4 is 33.5 Å². The highest BCUT2D eigenvalue weighted by atomic mass is 16.5. The Morgan fingerprint density at radius 2 is 1.98 bits per heavy atom. The SMILES string of the molecule is CCOC(=O)Cc1c(C)cccc1OCc1nn(CC2CCOC2)c2ccc(-c3cccc4c(N)nccc34)cc12. The predicted molar refractivity (Wildman–Crippen MR) is 160 cm³/mol. The van der Waals surface area contributed by atoms with Crippen molar-refractivity contribution in [3.05, 3.63) is 83.7 Å². The van der Waals surface area contributed by atoms with Crippen LogP contribution in [-0.4, -0.2) is 40.6 Å². The highest BCUT2D eigenvalue weighted by Gasteiger charge is 2.21. The number of aryl methyl sites for hydroxylation is 1. The van der Waals surface area contributed by atoms with Crippen molar-refractivity contribution in [1.82, 2.24) is 14.8 Å². The summed E-state index contributed by atoms with van der Waals surface area (Å²) in [5, 5.41) is 8.05. The molecule has 0 spiro atoms. The number of hydrogen-bond donors (Lipinski definition) is 1. The number of nitrogens with two attached hydrogens (primary N) is 1. The fraction of sp³-hybridized carbons (Fsp3) is 0.303. The molecule has 0 saturated carbocycles. The van der Waals surface area contributed by atoms with Gasteiger partial charge in [-0.3, -0.25) is 9.48 Å². The second-order valence-electron chi connectivity index (χ2n) is 10.5. The number of rotatable bonds is 9. The zero-order chi connectivity index (χ0) is 28.3. The summed E-state index contributed by atoms with van der Waals surface area (Å²) >= 11 is 0. The predicted octanol–water partition coefficient (Wildman–Crippen LogP) is 5.86. The number of anilines is 1. The minimum absolute atomic E-state index is 0.163. The number of aromatic nitrogens is 3. The molecule has 210 valence electrons. The van der Waals surface area contributed by atoms with Gasteiger partial charge >= 0.3 is 5.97 Å². The standard InChI is InChI=1S/C33H34N4O4/c1-3-40-32(38)17-27-21(2)6-4-9-31(27)41-20-29-28-16-23(24-7-5-8-26-25(24)12-14-35-33(26)34)10-11-30(28)37(36-29)18-22-13-15-39-19-22/h4-12,14,16,22H,3,13,15,17-20H2,1-2H3,(H2,34,35). The Labute approximate surface area is 239 Å². The van der Waals surface area contributed by atoms with Crippen LogP contribution >= 0.6 is 0 Å². The van der Waals surface area contributed by atoms with Crippen LogP contribution < -0.4 is 10.5 Å². The monoisotopic (exact) mass is 550 g/mol. The first-order chi connectivity index (χ1) is 20.0. The number of pyridine rings is 1. The molecule has 0 aliphatic carbocycles. The Kier molecular flexibility index (Phi) is 7.57. The van der Waals surface area contributed by atoms with Crippen molar-refractivity contribution < 1.29 is 19.0 Å². The molecule has 8 heteroatoms. The molecule has 1 aliphatic rings. The highest BCUT2D eigenvalue weighted by molar-refractivity contribution is 6.02. The van der Waals surface area contributed by atoms with E-state index in [0.717, 1.165) is 75.8 Å². The first-order valence-electron chi connectivity index (χ1n) is 14.1. The number of nitrogen functional groups attached to an aromatic ring is 1. The minimum Gasteiger partial charge on any atom is -0.487 e. The maximum absolute atomic E-state index is 12.3. The lowest BCUT2D eigenvalue weighted by molar-refractivity contribution is -0.142. The Balaban J connectivity index is 1.38. The first-order valence-corrected chi connectivity index (χ1v) is 14.1. The molecule has 1 saturated heterocycles. The summed E-state index contributed by atoms with van der Waals surface area (Å²) in [7, 11) is 0. The van der Waals surface area contributed by atoms with Crippen molar-refractivity contribution in [2.24, 2.45) is 5.92 Å². The molecular formula is C33H34N4O4. The summed E-state index contributed by atoms with van der Waals surface area (Å²) in [6.07, 6.45) is 2.93. The molecule has 0 bridgehead atoms. The molecule has 3 heterocycles. The third kappa shape index (κ3) is 5.47. The molecule has 2 N–H and O–H groups in total. The summed E-state index contributed by atoms with van der Waals surface area (Å²) in [5.41, 5.74) is 12.0. The summed E-state index contributed by atoms with van der Waals surface area (Å²) < 4.78 is 19.3. The Bertz CT molecular complexity index is 1720. The van der Waals surface area contributed by atoms with Gasteiger partial charge < -0.3 is 19.9 Å². The van der Waals surface area contributed by atoms with Gasteiger partial charge in [0.15, 0.2) is 0 Å². The van der Waals surface area contributed by atoms with Gasteiger partial charge in [0.05, 0.1) is 25.2 Å². The lowest BCUT2D eigenvalue weighted by atomic mass is 9.97. The summed E-state index contributed by atoms with van der Waals surface area (Å²) in [5.74, 6) is 1.34. The van der Waals surface area contributed by atoms with Crippen LogP contribution in [0.4, 0.5) is 5.82 Å². The first kappa shape index (κ1) is 26.8. The summed E-state index contributed by atoms with van der Waals surface area (Å²) in [6.45, 7) is 6.72. The number of carbonyl (C=O) groups excluding carboxylic acids is 1. The van der Waals surface area contributed by atoms with Crippen molar-refractivity contribution in [1.29, 1.82) is 0 Å².